The minimum absolute atomic E-state index is 0.148. The zero-order chi connectivity index (χ0) is 12.9. The third-order valence-electron chi connectivity index (χ3n) is 1.75. The Bertz CT molecular complexity index is 166. The van der Waals surface area contributed by atoms with Crippen molar-refractivity contribution in [3.8, 4) is 0 Å². The average molecular weight is 339 g/mol. The van der Waals surface area contributed by atoms with Crippen LogP contribution in [0.2, 0.25) is 0 Å². The Morgan fingerprint density at radius 3 is 2.18 bits per heavy atom. The van der Waals surface area contributed by atoms with Crippen LogP contribution in [-0.2, 0) is 0 Å². The maximum absolute atomic E-state index is 8.73. The lowest BCUT2D eigenvalue weighted by molar-refractivity contribution is 0.322. The smallest absolute Gasteiger partial charge is 0.0521 e. The molecular weight excluding hydrogens is 319 g/mol. The number of aliphatic hydroxyl groups excluding tert-OH is 2. The Morgan fingerprint density at radius 1 is 0.941 bits per heavy atom. The highest BCUT2D eigenvalue weighted by molar-refractivity contribution is 8.03. The van der Waals surface area contributed by atoms with Crippen molar-refractivity contribution in [1.82, 2.24) is 0 Å². The quantitative estimate of drug-likeness (QED) is 0.422. The molecule has 7 heteroatoms. The van der Waals surface area contributed by atoms with E-state index in [9.17, 15) is 0 Å². The number of halogens is 2. The van der Waals surface area contributed by atoms with Gasteiger partial charge in [-0.1, -0.05) is 0 Å². The molecule has 2 N–H and O–H groups in total. The summed E-state index contributed by atoms with van der Waals surface area (Å²) in [6.07, 6.45) is 0. The number of thioether (sulfide) groups is 3. The summed E-state index contributed by atoms with van der Waals surface area (Å²) in [5, 5.41) is 17.9. The van der Waals surface area contributed by atoms with Crippen LogP contribution in [0.15, 0.2) is 0 Å². The molecule has 0 heterocycles. The summed E-state index contributed by atoms with van der Waals surface area (Å²) in [5.74, 6) is 4.88. The Kier molecular flexibility index (Phi) is 15.2. The molecule has 2 atom stereocenters. The van der Waals surface area contributed by atoms with Gasteiger partial charge in [-0.15, -0.1) is 23.2 Å². The van der Waals surface area contributed by atoms with Gasteiger partial charge in [0, 0.05) is 39.9 Å². The molecule has 0 rings (SSSR count). The van der Waals surface area contributed by atoms with E-state index in [1.54, 1.807) is 23.5 Å². The average Bonchev–Trinajstić information content (AvgIpc) is 2.34. The van der Waals surface area contributed by atoms with Gasteiger partial charge in [0.1, 0.15) is 0 Å². The van der Waals surface area contributed by atoms with E-state index in [0.29, 0.717) is 11.1 Å². The van der Waals surface area contributed by atoms with E-state index in [4.69, 9.17) is 33.4 Å². The zero-order valence-corrected chi connectivity index (χ0v) is 13.6. The highest BCUT2D eigenvalue weighted by Gasteiger charge is 2.10. The third-order valence-corrected chi connectivity index (χ3v) is 6.80. The summed E-state index contributed by atoms with van der Waals surface area (Å²) in [5.41, 5.74) is 0. The summed E-state index contributed by atoms with van der Waals surface area (Å²) >= 11 is 17.2. The van der Waals surface area contributed by atoms with Gasteiger partial charge in [-0.2, -0.15) is 35.3 Å². The SMILES string of the molecule is OCCSCC(Cl)CSCC(CCl)SCCO. The van der Waals surface area contributed by atoms with Crippen molar-refractivity contribution < 1.29 is 10.2 Å². The molecule has 0 aliphatic rings. The van der Waals surface area contributed by atoms with Crippen molar-refractivity contribution in [2.75, 3.05) is 47.9 Å². The lowest BCUT2D eigenvalue weighted by Crippen LogP contribution is -2.13. The van der Waals surface area contributed by atoms with Crippen molar-refractivity contribution in [1.29, 1.82) is 0 Å². The van der Waals surface area contributed by atoms with Crippen molar-refractivity contribution in [3.05, 3.63) is 0 Å². The molecule has 0 bridgehead atoms. The summed E-state index contributed by atoms with van der Waals surface area (Å²) in [6, 6.07) is 0. The topological polar surface area (TPSA) is 40.5 Å². The van der Waals surface area contributed by atoms with Gasteiger partial charge in [0.25, 0.3) is 0 Å². The number of hydrogen-bond acceptors (Lipinski definition) is 5. The van der Waals surface area contributed by atoms with Gasteiger partial charge in [0.15, 0.2) is 0 Å². The first kappa shape index (κ1) is 18.6. The summed E-state index contributed by atoms with van der Waals surface area (Å²) in [4.78, 5) is 0. The van der Waals surface area contributed by atoms with E-state index in [1.165, 1.54) is 0 Å². The Hall–Kier alpha value is 1.55. The second-order valence-electron chi connectivity index (χ2n) is 3.30. The van der Waals surface area contributed by atoms with Gasteiger partial charge in [0.05, 0.1) is 18.6 Å². The van der Waals surface area contributed by atoms with E-state index in [0.717, 1.165) is 28.8 Å². The van der Waals surface area contributed by atoms with Crippen LogP contribution in [0.1, 0.15) is 0 Å². The predicted molar refractivity (Wildman–Crippen MR) is 85.4 cm³/mol. The van der Waals surface area contributed by atoms with Crippen LogP contribution in [0.5, 0.6) is 0 Å². The molecule has 0 aromatic rings. The molecule has 0 amide bonds. The summed E-state index contributed by atoms with van der Waals surface area (Å²) in [6.45, 7) is 0.423. The van der Waals surface area contributed by atoms with Gasteiger partial charge in [0.2, 0.25) is 0 Å². The first-order valence-electron chi connectivity index (χ1n) is 5.43. The number of aliphatic hydroxyl groups is 2. The molecule has 0 aliphatic heterocycles. The maximum atomic E-state index is 8.73. The van der Waals surface area contributed by atoms with Crippen molar-refractivity contribution in [2.24, 2.45) is 0 Å². The second-order valence-corrected chi connectivity index (χ2v) is 7.86. The monoisotopic (exact) mass is 338 g/mol. The highest BCUT2D eigenvalue weighted by atomic mass is 35.5. The first-order valence-corrected chi connectivity index (χ1v) is 9.76. The fraction of sp³-hybridized carbons (Fsp3) is 1.00. The minimum atomic E-state index is 0.148. The Labute approximate surface area is 127 Å². The van der Waals surface area contributed by atoms with Crippen molar-refractivity contribution in [2.45, 2.75) is 10.6 Å². The Morgan fingerprint density at radius 2 is 1.59 bits per heavy atom. The number of alkyl halides is 2. The van der Waals surface area contributed by atoms with Crippen LogP contribution in [0, 0.1) is 0 Å². The lowest BCUT2D eigenvalue weighted by Gasteiger charge is -2.14. The van der Waals surface area contributed by atoms with Gasteiger partial charge in [-0.3, -0.25) is 0 Å². The minimum Gasteiger partial charge on any atom is -0.396 e. The van der Waals surface area contributed by atoms with E-state index in [2.05, 4.69) is 0 Å². The fourth-order valence-electron chi connectivity index (χ4n) is 1.01. The zero-order valence-electron chi connectivity index (χ0n) is 9.69. The molecular formula is C10H20Cl2O2S3. The number of rotatable bonds is 12. The van der Waals surface area contributed by atoms with E-state index in [1.807, 2.05) is 11.8 Å². The molecule has 0 aromatic carbocycles. The van der Waals surface area contributed by atoms with Gasteiger partial charge in [-0.25, -0.2) is 0 Å². The predicted octanol–water partition coefficient (Wildman–Crippen LogP) is 2.39. The summed E-state index contributed by atoms with van der Waals surface area (Å²) in [7, 11) is 0. The normalized spacial score (nSPS) is 14.8. The van der Waals surface area contributed by atoms with Gasteiger partial charge < -0.3 is 10.2 Å². The van der Waals surface area contributed by atoms with Gasteiger partial charge >= 0.3 is 0 Å². The van der Waals surface area contributed by atoms with E-state index in [-0.39, 0.29) is 18.6 Å². The first-order chi connectivity index (χ1) is 8.24. The molecule has 0 saturated heterocycles. The van der Waals surface area contributed by atoms with Gasteiger partial charge in [-0.05, 0) is 0 Å². The van der Waals surface area contributed by atoms with Crippen molar-refractivity contribution >= 4 is 58.5 Å². The molecule has 0 spiro atoms. The molecule has 0 aromatic heterocycles. The van der Waals surface area contributed by atoms with Crippen LogP contribution >= 0.6 is 58.5 Å². The maximum Gasteiger partial charge on any atom is 0.0521 e. The van der Waals surface area contributed by atoms with Crippen LogP contribution < -0.4 is 0 Å². The third kappa shape index (κ3) is 12.3. The van der Waals surface area contributed by atoms with Crippen LogP contribution in [-0.4, -0.2) is 68.7 Å². The largest absolute Gasteiger partial charge is 0.396 e. The number of hydrogen-bond donors (Lipinski definition) is 2. The van der Waals surface area contributed by atoms with E-state index < -0.39 is 0 Å². The second kappa shape index (κ2) is 14.0. The highest BCUT2D eigenvalue weighted by Crippen LogP contribution is 2.20. The fourth-order valence-corrected chi connectivity index (χ4v) is 4.96. The van der Waals surface area contributed by atoms with Crippen LogP contribution in [0.3, 0.4) is 0 Å². The molecule has 0 fully saturated rings. The molecule has 17 heavy (non-hydrogen) atoms. The van der Waals surface area contributed by atoms with Crippen LogP contribution in [0.25, 0.3) is 0 Å². The molecule has 2 unspecified atom stereocenters. The molecule has 0 radical (unpaired) electrons. The standard InChI is InChI=1S/C10H20Cl2O2S3/c11-5-10(17-4-2-14)8-16-7-9(12)6-15-3-1-13/h9-10,13-14H,1-8H2. The van der Waals surface area contributed by atoms with Crippen molar-refractivity contribution in [3.63, 3.8) is 0 Å². The molecule has 0 saturated carbocycles. The molecule has 104 valence electrons. The summed E-state index contributed by atoms with van der Waals surface area (Å²) < 4.78 is 0. The molecule has 2 nitrogen and oxygen atoms in total. The Balaban J connectivity index is 3.45. The van der Waals surface area contributed by atoms with Crippen LogP contribution in [0.4, 0.5) is 0 Å². The van der Waals surface area contributed by atoms with E-state index >= 15 is 0 Å². The lowest BCUT2D eigenvalue weighted by atomic mass is 10.5. The molecule has 0 aliphatic carbocycles.